The number of rotatable bonds is 5. The third-order valence-electron chi connectivity index (χ3n) is 3.08. The van der Waals surface area contributed by atoms with Crippen LogP contribution in [0.4, 0.5) is 0 Å². The van der Waals surface area contributed by atoms with Crippen molar-refractivity contribution in [1.29, 1.82) is 0 Å². The summed E-state index contributed by atoms with van der Waals surface area (Å²) in [7, 11) is 0. The standard InChI is InChI=1S/C14H18ClNO3/c1-4-16(9-12(17)18)13(19)14(2,3)10-6-5-7-11(15)8-10/h5-8H,4,9H2,1-3H3,(H,17,18). The molecule has 0 saturated carbocycles. The minimum absolute atomic E-state index is 0.223. The highest BCUT2D eigenvalue weighted by Crippen LogP contribution is 2.27. The highest BCUT2D eigenvalue weighted by atomic mass is 35.5. The molecule has 0 atom stereocenters. The van der Waals surface area contributed by atoms with E-state index in [9.17, 15) is 9.59 Å². The van der Waals surface area contributed by atoms with E-state index in [1.807, 2.05) is 6.07 Å². The molecule has 1 amide bonds. The van der Waals surface area contributed by atoms with Crippen molar-refractivity contribution in [3.63, 3.8) is 0 Å². The molecule has 0 aliphatic rings. The first-order valence-corrected chi connectivity index (χ1v) is 6.44. The van der Waals surface area contributed by atoms with Gasteiger partial charge in [0.2, 0.25) is 5.91 Å². The average molecular weight is 284 g/mol. The molecule has 0 saturated heterocycles. The summed E-state index contributed by atoms with van der Waals surface area (Å²) in [4.78, 5) is 24.6. The molecule has 0 radical (unpaired) electrons. The third kappa shape index (κ3) is 3.70. The van der Waals surface area contributed by atoms with Gasteiger partial charge in [0, 0.05) is 11.6 Å². The van der Waals surface area contributed by atoms with E-state index in [0.717, 1.165) is 5.56 Å². The highest BCUT2D eigenvalue weighted by molar-refractivity contribution is 6.30. The molecule has 1 rings (SSSR count). The van der Waals surface area contributed by atoms with E-state index >= 15 is 0 Å². The maximum absolute atomic E-state index is 12.5. The molecule has 0 aliphatic carbocycles. The van der Waals surface area contributed by atoms with Crippen LogP contribution in [0.25, 0.3) is 0 Å². The van der Waals surface area contributed by atoms with Gasteiger partial charge in [0.25, 0.3) is 0 Å². The van der Waals surface area contributed by atoms with E-state index in [0.29, 0.717) is 11.6 Å². The predicted molar refractivity (Wildman–Crippen MR) is 74.4 cm³/mol. The molecule has 0 bridgehead atoms. The number of carbonyl (C=O) groups excluding carboxylic acids is 1. The van der Waals surface area contributed by atoms with Gasteiger partial charge in [0.05, 0.1) is 5.41 Å². The number of nitrogens with zero attached hydrogens (tertiary/aromatic N) is 1. The number of amides is 1. The van der Waals surface area contributed by atoms with Gasteiger partial charge >= 0.3 is 5.97 Å². The van der Waals surface area contributed by atoms with Gasteiger partial charge in [-0.25, -0.2) is 0 Å². The highest BCUT2D eigenvalue weighted by Gasteiger charge is 2.34. The zero-order chi connectivity index (χ0) is 14.6. The van der Waals surface area contributed by atoms with Gasteiger partial charge in [0.1, 0.15) is 6.54 Å². The number of carboxylic acid groups (broad SMARTS) is 1. The second-order valence-corrected chi connectivity index (χ2v) is 5.28. The van der Waals surface area contributed by atoms with E-state index in [4.69, 9.17) is 16.7 Å². The Balaban J connectivity index is 3.04. The Hall–Kier alpha value is -1.55. The van der Waals surface area contributed by atoms with Crippen molar-refractivity contribution in [3.05, 3.63) is 34.9 Å². The van der Waals surface area contributed by atoms with Crippen LogP contribution in [0.5, 0.6) is 0 Å². The Labute approximate surface area is 118 Å². The summed E-state index contributed by atoms with van der Waals surface area (Å²) in [6.07, 6.45) is 0. The smallest absolute Gasteiger partial charge is 0.323 e. The normalized spacial score (nSPS) is 11.2. The molecule has 0 heterocycles. The number of halogens is 1. The van der Waals surface area contributed by atoms with Crippen molar-refractivity contribution in [3.8, 4) is 0 Å². The largest absolute Gasteiger partial charge is 0.480 e. The second-order valence-electron chi connectivity index (χ2n) is 4.85. The minimum atomic E-state index is -1.02. The lowest BCUT2D eigenvalue weighted by Crippen LogP contribution is -2.45. The van der Waals surface area contributed by atoms with Crippen LogP contribution >= 0.6 is 11.6 Å². The number of carboxylic acids is 1. The molecular formula is C14H18ClNO3. The van der Waals surface area contributed by atoms with Crippen molar-refractivity contribution >= 4 is 23.5 Å². The van der Waals surface area contributed by atoms with Crippen LogP contribution in [-0.2, 0) is 15.0 Å². The second kappa shape index (κ2) is 6.06. The number of likely N-dealkylation sites (N-methyl/N-ethyl adjacent to an activating group) is 1. The summed E-state index contributed by atoms with van der Waals surface area (Å²) in [5.41, 5.74) is -0.0371. The molecule has 5 heteroatoms. The Morgan fingerprint density at radius 3 is 2.47 bits per heavy atom. The van der Waals surface area contributed by atoms with E-state index in [-0.39, 0.29) is 12.5 Å². The summed E-state index contributed by atoms with van der Waals surface area (Å²) in [5, 5.41) is 9.38. The van der Waals surface area contributed by atoms with E-state index < -0.39 is 11.4 Å². The minimum Gasteiger partial charge on any atom is -0.480 e. The number of carbonyl (C=O) groups is 2. The molecule has 0 aliphatic heterocycles. The van der Waals surface area contributed by atoms with Crippen molar-refractivity contribution in [2.75, 3.05) is 13.1 Å². The summed E-state index contributed by atoms with van der Waals surface area (Å²) < 4.78 is 0. The fourth-order valence-electron chi connectivity index (χ4n) is 1.89. The van der Waals surface area contributed by atoms with Crippen molar-refractivity contribution in [2.45, 2.75) is 26.2 Å². The van der Waals surface area contributed by atoms with Crippen LogP contribution < -0.4 is 0 Å². The summed E-state index contributed by atoms with van der Waals surface area (Å²) in [5.74, 6) is -1.24. The molecule has 104 valence electrons. The maximum atomic E-state index is 12.5. The van der Waals surface area contributed by atoms with Gasteiger partial charge in [-0.2, -0.15) is 0 Å². The van der Waals surface area contributed by atoms with Crippen molar-refractivity contribution < 1.29 is 14.7 Å². The molecular weight excluding hydrogens is 266 g/mol. The number of hydrogen-bond acceptors (Lipinski definition) is 2. The Kier molecular flexibility index (Phi) is 4.95. The Bertz CT molecular complexity index is 485. The van der Waals surface area contributed by atoms with Crippen molar-refractivity contribution in [2.24, 2.45) is 0 Å². The van der Waals surface area contributed by atoms with Crippen LogP contribution in [0.1, 0.15) is 26.3 Å². The van der Waals surface area contributed by atoms with Gasteiger partial charge in [-0.15, -0.1) is 0 Å². The molecule has 1 aromatic carbocycles. The van der Waals surface area contributed by atoms with Crippen LogP contribution in [0.3, 0.4) is 0 Å². The van der Waals surface area contributed by atoms with Gasteiger partial charge in [-0.3, -0.25) is 9.59 Å². The lowest BCUT2D eigenvalue weighted by Gasteiger charge is -2.30. The number of benzene rings is 1. The molecule has 1 N–H and O–H groups in total. The molecule has 0 aromatic heterocycles. The summed E-state index contributed by atoms with van der Waals surface area (Å²) in [6.45, 7) is 5.36. The number of hydrogen-bond donors (Lipinski definition) is 1. The first-order valence-electron chi connectivity index (χ1n) is 6.06. The molecule has 0 unspecified atom stereocenters. The zero-order valence-corrected chi connectivity index (χ0v) is 12.1. The Morgan fingerprint density at radius 1 is 1.37 bits per heavy atom. The fourth-order valence-corrected chi connectivity index (χ4v) is 2.08. The Morgan fingerprint density at radius 2 is 2.00 bits per heavy atom. The monoisotopic (exact) mass is 283 g/mol. The van der Waals surface area contributed by atoms with Crippen LogP contribution in [0.2, 0.25) is 5.02 Å². The first-order chi connectivity index (χ1) is 8.78. The summed E-state index contributed by atoms with van der Waals surface area (Å²) >= 11 is 5.93. The number of aliphatic carboxylic acids is 1. The predicted octanol–water partition coefficient (Wildman–Crippen LogP) is 2.55. The molecule has 1 aromatic rings. The maximum Gasteiger partial charge on any atom is 0.323 e. The van der Waals surface area contributed by atoms with Crippen LogP contribution in [0, 0.1) is 0 Å². The molecule has 0 fully saturated rings. The summed E-state index contributed by atoms with van der Waals surface area (Å²) in [6, 6.07) is 7.06. The van der Waals surface area contributed by atoms with Crippen molar-refractivity contribution in [1.82, 2.24) is 4.90 Å². The van der Waals surface area contributed by atoms with Gasteiger partial charge in [-0.1, -0.05) is 23.7 Å². The lowest BCUT2D eigenvalue weighted by molar-refractivity contribution is -0.146. The third-order valence-corrected chi connectivity index (χ3v) is 3.31. The average Bonchev–Trinajstić information content (AvgIpc) is 2.34. The van der Waals surface area contributed by atoms with E-state index in [2.05, 4.69) is 0 Å². The van der Waals surface area contributed by atoms with Gasteiger partial charge in [-0.05, 0) is 38.5 Å². The van der Waals surface area contributed by atoms with E-state index in [1.165, 1.54) is 4.90 Å². The molecule has 4 nitrogen and oxygen atoms in total. The first kappa shape index (κ1) is 15.5. The van der Waals surface area contributed by atoms with Gasteiger partial charge < -0.3 is 10.0 Å². The molecule has 19 heavy (non-hydrogen) atoms. The molecule has 0 spiro atoms. The van der Waals surface area contributed by atoms with Crippen LogP contribution in [-0.4, -0.2) is 35.0 Å². The SMILES string of the molecule is CCN(CC(=O)O)C(=O)C(C)(C)c1cccc(Cl)c1. The van der Waals surface area contributed by atoms with E-state index in [1.54, 1.807) is 39.0 Å². The topological polar surface area (TPSA) is 57.6 Å². The fraction of sp³-hybridized carbons (Fsp3) is 0.429. The van der Waals surface area contributed by atoms with Gasteiger partial charge in [0.15, 0.2) is 0 Å². The quantitative estimate of drug-likeness (QED) is 0.903. The van der Waals surface area contributed by atoms with Crippen LogP contribution in [0.15, 0.2) is 24.3 Å². The lowest BCUT2D eigenvalue weighted by atomic mass is 9.83. The zero-order valence-electron chi connectivity index (χ0n) is 11.3.